The highest BCUT2D eigenvalue weighted by atomic mass is 32.9. The van der Waals surface area contributed by atoms with Gasteiger partial charge in [-0.15, -0.1) is 12.2 Å². The van der Waals surface area contributed by atoms with Crippen molar-refractivity contribution in [1.82, 2.24) is 5.32 Å². The lowest BCUT2D eigenvalue weighted by molar-refractivity contribution is 0.0521. The van der Waals surface area contributed by atoms with Crippen molar-refractivity contribution in [3.63, 3.8) is 0 Å². The number of hydrogen-bond donors (Lipinski definition) is 2. The van der Waals surface area contributed by atoms with Crippen LogP contribution in [-0.4, -0.2) is 24.8 Å². The number of benzene rings is 1. The highest BCUT2D eigenvalue weighted by Crippen LogP contribution is 2.54. The van der Waals surface area contributed by atoms with Gasteiger partial charge in [0.2, 0.25) is 0 Å². The fraction of sp³-hybridized carbons (Fsp3) is 0.500. The normalized spacial score (nSPS) is 14.3. The number of rotatable bonds is 6. The van der Waals surface area contributed by atoms with Crippen LogP contribution in [0.1, 0.15) is 26.3 Å². The van der Waals surface area contributed by atoms with Gasteiger partial charge in [0.25, 0.3) is 0 Å². The zero-order valence-electron chi connectivity index (χ0n) is 12.5. The molecule has 0 saturated heterocycles. The molecule has 7 heteroatoms. The summed E-state index contributed by atoms with van der Waals surface area (Å²) in [7, 11) is 0. The van der Waals surface area contributed by atoms with Crippen LogP contribution in [0.3, 0.4) is 0 Å². The number of nitrogens with one attached hydrogen (secondary N) is 1. The molecule has 1 unspecified atom stereocenters. The van der Waals surface area contributed by atoms with Crippen molar-refractivity contribution in [3.8, 4) is 0 Å². The molecule has 0 aromatic heterocycles. The fourth-order valence-electron chi connectivity index (χ4n) is 1.52. The van der Waals surface area contributed by atoms with Gasteiger partial charge in [-0.05, 0) is 26.3 Å². The maximum atomic E-state index is 11.4. The Morgan fingerprint density at radius 2 is 1.95 bits per heavy atom. The van der Waals surface area contributed by atoms with Crippen LogP contribution in [0.4, 0.5) is 4.79 Å². The minimum Gasteiger partial charge on any atom is -0.444 e. The van der Waals surface area contributed by atoms with E-state index in [-0.39, 0.29) is 0 Å². The van der Waals surface area contributed by atoms with Gasteiger partial charge in [-0.3, -0.25) is 0 Å². The molecule has 1 N–H and O–H groups in total. The lowest BCUT2D eigenvalue weighted by atomic mass is 10.2. The average molecular weight is 347 g/mol. The zero-order valence-corrected chi connectivity index (χ0v) is 15.1. The molecule has 1 rings (SSSR count). The van der Waals surface area contributed by atoms with Crippen LogP contribution >= 0.6 is 17.7 Å². The second kappa shape index (κ2) is 8.18. The number of carbonyl (C=O) groups excluding carboxylic acids is 1. The van der Waals surface area contributed by atoms with Gasteiger partial charge < -0.3 is 14.6 Å². The van der Waals surface area contributed by atoms with E-state index in [4.69, 9.17) is 21.1 Å². The van der Waals surface area contributed by atoms with Crippen molar-refractivity contribution in [2.75, 3.05) is 13.2 Å². The number of hydrogen-bond acceptors (Lipinski definition) is 4. The molecule has 1 amide bonds. The molecular formula is C14H22NO3PS2. The maximum Gasteiger partial charge on any atom is 0.407 e. The van der Waals surface area contributed by atoms with Crippen molar-refractivity contribution in [2.45, 2.75) is 32.5 Å². The molecular weight excluding hydrogens is 325 g/mol. The van der Waals surface area contributed by atoms with Gasteiger partial charge in [-0.25, -0.2) is 4.79 Å². The van der Waals surface area contributed by atoms with Gasteiger partial charge >= 0.3 is 6.09 Å². The van der Waals surface area contributed by atoms with Crippen LogP contribution in [0.25, 0.3) is 0 Å². The molecule has 0 spiro atoms. The molecule has 0 bridgehead atoms. The lowest BCUT2D eigenvalue weighted by Gasteiger charge is -2.20. The highest BCUT2D eigenvalue weighted by molar-refractivity contribution is 8.61. The first kappa shape index (κ1) is 18.5. The molecule has 0 heterocycles. The van der Waals surface area contributed by atoms with E-state index in [1.54, 1.807) is 0 Å². The summed E-state index contributed by atoms with van der Waals surface area (Å²) < 4.78 is 10.8. The lowest BCUT2D eigenvalue weighted by Crippen LogP contribution is -2.34. The standard InChI is InChI=1S/C14H22NO3PS2/c1-14(2,3)18-13(16)15-9-10-17-19(20,21)11-12-7-5-4-6-8-12/h4-8H,9-11H2,1-3H3,(H,15,16)(H,20,21). The third kappa shape index (κ3) is 9.14. The summed E-state index contributed by atoms with van der Waals surface area (Å²) in [6.45, 7) is 6.12. The molecule has 1 atom stereocenters. The largest absolute Gasteiger partial charge is 0.444 e. The van der Waals surface area contributed by atoms with Crippen LogP contribution in [0.5, 0.6) is 0 Å². The predicted molar refractivity (Wildman–Crippen MR) is 93.6 cm³/mol. The first-order valence-corrected chi connectivity index (χ1v) is 10.7. The molecule has 0 aliphatic rings. The average Bonchev–Trinajstić information content (AvgIpc) is 2.33. The maximum absolute atomic E-state index is 11.4. The summed E-state index contributed by atoms with van der Waals surface area (Å²) >= 11 is 9.85. The number of alkyl carbamates (subject to hydrolysis) is 1. The highest BCUT2D eigenvalue weighted by Gasteiger charge is 2.16. The van der Waals surface area contributed by atoms with Gasteiger partial charge in [0.1, 0.15) is 11.1 Å². The quantitative estimate of drug-likeness (QED) is 0.464. The molecule has 0 aliphatic heterocycles. The van der Waals surface area contributed by atoms with E-state index < -0.39 is 17.2 Å². The van der Waals surface area contributed by atoms with E-state index in [0.29, 0.717) is 19.3 Å². The van der Waals surface area contributed by atoms with E-state index in [1.807, 2.05) is 51.1 Å². The minimum absolute atomic E-state index is 0.326. The van der Waals surface area contributed by atoms with Crippen molar-refractivity contribution < 1.29 is 14.1 Å². The monoisotopic (exact) mass is 347 g/mol. The topological polar surface area (TPSA) is 47.6 Å². The van der Waals surface area contributed by atoms with Gasteiger partial charge in [0, 0.05) is 12.7 Å². The Kier molecular flexibility index (Phi) is 7.21. The van der Waals surface area contributed by atoms with Crippen LogP contribution in [0.2, 0.25) is 0 Å². The van der Waals surface area contributed by atoms with Gasteiger partial charge in [0.05, 0.1) is 6.61 Å². The van der Waals surface area contributed by atoms with E-state index in [9.17, 15) is 4.79 Å². The van der Waals surface area contributed by atoms with Crippen molar-refractivity contribution in [3.05, 3.63) is 35.9 Å². The summed E-state index contributed by atoms with van der Waals surface area (Å²) in [5, 5.41) is 2.63. The molecule has 0 fully saturated rings. The number of thiol groups is 1. The second-order valence-corrected chi connectivity index (χ2v) is 11.9. The number of carbonyl (C=O) groups is 1. The van der Waals surface area contributed by atoms with Crippen LogP contribution in [0, 0.1) is 0 Å². The number of ether oxygens (including phenoxy) is 1. The summed E-state index contributed by atoms with van der Waals surface area (Å²) in [5.41, 5.74) is -1.58. The second-order valence-electron chi connectivity index (χ2n) is 5.54. The Balaban J connectivity index is 2.28. The van der Waals surface area contributed by atoms with E-state index in [1.165, 1.54) is 0 Å². The van der Waals surface area contributed by atoms with Crippen LogP contribution in [0.15, 0.2) is 30.3 Å². The summed E-state index contributed by atoms with van der Waals surface area (Å²) in [4.78, 5) is 11.4. The molecule has 0 radical (unpaired) electrons. The predicted octanol–water partition coefficient (Wildman–Crippen LogP) is 3.97. The molecule has 118 valence electrons. The summed E-state index contributed by atoms with van der Waals surface area (Å²) in [6.07, 6.45) is 0.167. The third-order valence-corrected chi connectivity index (χ3v) is 5.11. The van der Waals surface area contributed by atoms with E-state index in [0.717, 1.165) is 5.56 Å². The van der Waals surface area contributed by atoms with Crippen molar-refractivity contribution in [1.29, 1.82) is 0 Å². The fourth-order valence-corrected chi connectivity index (χ4v) is 4.06. The summed E-state index contributed by atoms with van der Waals surface area (Å²) in [6, 6.07) is 9.88. The Hall–Kier alpha value is -0.550. The Labute approximate surface area is 136 Å². The molecule has 4 nitrogen and oxygen atoms in total. The van der Waals surface area contributed by atoms with Gasteiger partial charge in [-0.1, -0.05) is 42.1 Å². The van der Waals surface area contributed by atoms with Gasteiger partial charge in [0.15, 0.2) is 0 Å². The van der Waals surface area contributed by atoms with Crippen molar-refractivity contribution in [2.24, 2.45) is 0 Å². The molecule has 21 heavy (non-hydrogen) atoms. The Morgan fingerprint density at radius 3 is 2.52 bits per heavy atom. The molecule has 0 saturated carbocycles. The van der Waals surface area contributed by atoms with E-state index in [2.05, 4.69) is 17.6 Å². The summed E-state index contributed by atoms with van der Waals surface area (Å²) in [5.74, 6) is 0. The van der Waals surface area contributed by atoms with Gasteiger partial charge in [-0.2, -0.15) is 0 Å². The first-order valence-electron chi connectivity index (χ1n) is 6.65. The SMILES string of the molecule is CC(C)(C)OC(=O)NCCOP(=S)(S)Cc1ccccc1. The molecule has 1 aromatic carbocycles. The third-order valence-electron chi connectivity index (χ3n) is 2.29. The molecule has 0 aliphatic carbocycles. The number of amides is 1. The first-order chi connectivity index (χ1) is 9.68. The smallest absolute Gasteiger partial charge is 0.407 e. The van der Waals surface area contributed by atoms with Crippen molar-refractivity contribution >= 4 is 35.6 Å². The van der Waals surface area contributed by atoms with Crippen LogP contribution < -0.4 is 5.32 Å². The zero-order chi connectivity index (χ0) is 15.9. The Morgan fingerprint density at radius 1 is 1.33 bits per heavy atom. The van der Waals surface area contributed by atoms with E-state index >= 15 is 0 Å². The van der Waals surface area contributed by atoms with Crippen LogP contribution in [-0.2, 0) is 27.2 Å². The minimum atomic E-state index is -2.18. The Bertz CT molecular complexity index is 503. The molecule has 1 aromatic rings.